The SMILES string of the molecule is CCCCCOc1nc(C(F)(F)F)ccc1CNC(=O)Nc1cccc2[nH]c(=O)ccc12. The molecule has 0 atom stereocenters. The highest BCUT2D eigenvalue weighted by Gasteiger charge is 2.33. The molecule has 3 aromatic rings. The Balaban J connectivity index is 1.71. The van der Waals surface area contributed by atoms with Crippen LogP contribution in [0.1, 0.15) is 37.4 Å². The van der Waals surface area contributed by atoms with E-state index in [0.717, 1.165) is 18.9 Å². The van der Waals surface area contributed by atoms with E-state index in [2.05, 4.69) is 20.6 Å². The van der Waals surface area contributed by atoms with Crippen molar-refractivity contribution < 1.29 is 22.7 Å². The largest absolute Gasteiger partial charge is 0.477 e. The number of aromatic amines is 1. The number of carbonyl (C=O) groups is 1. The van der Waals surface area contributed by atoms with E-state index in [-0.39, 0.29) is 24.6 Å². The summed E-state index contributed by atoms with van der Waals surface area (Å²) < 4.78 is 44.6. The predicted octanol–water partition coefficient (Wildman–Crippen LogP) is 4.83. The number of nitrogens with one attached hydrogen (secondary N) is 3. The second kappa shape index (κ2) is 10.2. The van der Waals surface area contributed by atoms with Gasteiger partial charge in [-0.2, -0.15) is 13.2 Å². The fraction of sp³-hybridized carbons (Fsp3) is 0.318. The van der Waals surface area contributed by atoms with Crippen molar-refractivity contribution in [1.29, 1.82) is 0 Å². The van der Waals surface area contributed by atoms with Crippen LogP contribution in [0.3, 0.4) is 0 Å². The first-order valence-electron chi connectivity index (χ1n) is 10.1. The molecule has 0 fully saturated rings. The Morgan fingerprint density at radius 2 is 1.94 bits per heavy atom. The molecule has 0 saturated carbocycles. The van der Waals surface area contributed by atoms with Gasteiger partial charge in [0.25, 0.3) is 0 Å². The van der Waals surface area contributed by atoms with Crippen molar-refractivity contribution in [2.24, 2.45) is 0 Å². The number of hydrogen-bond acceptors (Lipinski definition) is 4. The number of pyridine rings is 2. The second-order valence-corrected chi connectivity index (χ2v) is 7.11. The van der Waals surface area contributed by atoms with E-state index in [1.807, 2.05) is 6.92 Å². The van der Waals surface area contributed by atoms with Crippen molar-refractivity contribution in [2.75, 3.05) is 11.9 Å². The number of hydrogen-bond donors (Lipinski definition) is 3. The van der Waals surface area contributed by atoms with Crippen LogP contribution in [0.15, 0.2) is 47.3 Å². The topological polar surface area (TPSA) is 96.1 Å². The summed E-state index contributed by atoms with van der Waals surface area (Å²) >= 11 is 0. The van der Waals surface area contributed by atoms with Gasteiger partial charge in [-0.3, -0.25) is 4.79 Å². The molecule has 0 saturated heterocycles. The molecule has 3 N–H and O–H groups in total. The summed E-state index contributed by atoms with van der Waals surface area (Å²) in [5.74, 6) is -0.154. The highest BCUT2D eigenvalue weighted by atomic mass is 19.4. The fourth-order valence-corrected chi connectivity index (χ4v) is 3.05. The third kappa shape index (κ3) is 5.99. The Kier molecular flexibility index (Phi) is 7.34. The highest BCUT2D eigenvalue weighted by Crippen LogP contribution is 2.30. The van der Waals surface area contributed by atoms with Crippen LogP contribution >= 0.6 is 0 Å². The summed E-state index contributed by atoms with van der Waals surface area (Å²) in [7, 11) is 0. The van der Waals surface area contributed by atoms with Crippen molar-refractivity contribution in [3.8, 4) is 5.88 Å². The Labute approximate surface area is 182 Å². The number of amides is 2. The molecule has 2 aromatic heterocycles. The van der Waals surface area contributed by atoms with E-state index in [0.29, 0.717) is 28.6 Å². The second-order valence-electron chi connectivity index (χ2n) is 7.11. The van der Waals surface area contributed by atoms with Gasteiger partial charge in [-0.25, -0.2) is 9.78 Å². The van der Waals surface area contributed by atoms with Crippen LogP contribution in [0.4, 0.5) is 23.7 Å². The van der Waals surface area contributed by atoms with Gasteiger partial charge in [0.05, 0.1) is 17.8 Å². The molecule has 1 aromatic carbocycles. The molecule has 170 valence electrons. The van der Waals surface area contributed by atoms with Crippen LogP contribution in [0.5, 0.6) is 5.88 Å². The van der Waals surface area contributed by atoms with Gasteiger partial charge in [-0.15, -0.1) is 0 Å². The highest BCUT2D eigenvalue weighted by molar-refractivity contribution is 6.00. The smallest absolute Gasteiger partial charge is 0.433 e. The number of urea groups is 1. The first-order chi connectivity index (χ1) is 15.3. The van der Waals surface area contributed by atoms with Gasteiger partial charge in [0, 0.05) is 23.6 Å². The number of nitrogens with zero attached hydrogens (tertiary/aromatic N) is 1. The third-order valence-electron chi connectivity index (χ3n) is 4.67. The average Bonchev–Trinajstić information content (AvgIpc) is 2.75. The van der Waals surface area contributed by atoms with Crippen molar-refractivity contribution in [2.45, 2.75) is 38.9 Å². The average molecular weight is 448 g/mol. The van der Waals surface area contributed by atoms with Crippen LogP contribution in [0.2, 0.25) is 0 Å². The maximum absolute atomic E-state index is 13.0. The number of fused-ring (bicyclic) bond motifs is 1. The van der Waals surface area contributed by atoms with E-state index >= 15 is 0 Å². The van der Waals surface area contributed by atoms with Crippen molar-refractivity contribution >= 4 is 22.6 Å². The molecule has 0 radical (unpaired) electrons. The summed E-state index contributed by atoms with van der Waals surface area (Å²) in [6, 6.07) is 9.52. The molecule has 0 unspecified atom stereocenters. The number of aromatic nitrogens is 2. The van der Waals surface area contributed by atoms with Crippen molar-refractivity contribution in [3.63, 3.8) is 0 Å². The predicted molar refractivity (Wildman–Crippen MR) is 115 cm³/mol. The number of ether oxygens (including phenoxy) is 1. The first kappa shape index (κ1) is 23.1. The van der Waals surface area contributed by atoms with Gasteiger partial charge >= 0.3 is 12.2 Å². The maximum Gasteiger partial charge on any atom is 0.433 e. The number of halogens is 3. The summed E-state index contributed by atoms with van der Waals surface area (Å²) in [6.45, 7) is 2.15. The minimum Gasteiger partial charge on any atom is -0.477 e. The summed E-state index contributed by atoms with van der Waals surface area (Å²) in [5, 5.41) is 5.91. The lowest BCUT2D eigenvalue weighted by molar-refractivity contribution is -0.141. The molecule has 7 nitrogen and oxygen atoms in total. The lowest BCUT2D eigenvalue weighted by atomic mass is 10.2. The van der Waals surface area contributed by atoms with Crippen molar-refractivity contribution in [1.82, 2.24) is 15.3 Å². The van der Waals surface area contributed by atoms with Gasteiger partial charge in [-0.1, -0.05) is 25.8 Å². The van der Waals surface area contributed by atoms with Gasteiger partial charge < -0.3 is 20.4 Å². The number of benzene rings is 1. The lowest BCUT2D eigenvalue weighted by Crippen LogP contribution is -2.28. The van der Waals surface area contributed by atoms with E-state index < -0.39 is 17.9 Å². The van der Waals surface area contributed by atoms with Crippen LogP contribution in [0, 0.1) is 0 Å². The van der Waals surface area contributed by atoms with Crippen LogP contribution in [0.25, 0.3) is 10.9 Å². The zero-order valence-electron chi connectivity index (χ0n) is 17.4. The number of rotatable bonds is 8. The zero-order chi connectivity index (χ0) is 23.1. The first-order valence-corrected chi connectivity index (χ1v) is 10.1. The summed E-state index contributed by atoms with van der Waals surface area (Å²) in [6.07, 6.45) is -2.09. The number of H-pyrrole nitrogens is 1. The van der Waals surface area contributed by atoms with Gasteiger partial charge in [0.2, 0.25) is 11.4 Å². The third-order valence-corrected chi connectivity index (χ3v) is 4.67. The number of alkyl halides is 3. The summed E-state index contributed by atoms with van der Waals surface area (Å²) in [4.78, 5) is 30.1. The number of anilines is 1. The molecule has 32 heavy (non-hydrogen) atoms. The Morgan fingerprint density at radius 1 is 1.12 bits per heavy atom. The maximum atomic E-state index is 13.0. The van der Waals surface area contributed by atoms with E-state index in [4.69, 9.17) is 4.74 Å². The molecule has 3 rings (SSSR count). The van der Waals surface area contributed by atoms with Crippen LogP contribution < -0.4 is 20.9 Å². The lowest BCUT2D eigenvalue weighted by Gasteiger charge is -2.15. The van der Waals surface area contributed by atoms with Crippen LogP contribution in [-0.4, -0.2) is 22.6 Å². The zero-order valence-corrected chi connectivity index (χ0v) is 17.4. The van der Waals surface area contributed by atoms with E-state index in [9.17, 15) is 22.8 Å². The molecule has 10 heteroatoms. The quantitative estimate of drug-likeness (QED) is 0.430. The minimum atomic E-state index is -4.60. The molecule has 0 spiro atoms. The Bertz CT molecular complexity index is 1150. The van der Waals surface area contributed by atoms with Crippen LogP contribution in [-0.2, 0) is 12.7 Å². The molecule has 2 heterocycles. The monoisotopic (exact) mass is 448 g/mol. The van der Waals surface area contributed by atoms with Gasteiger partial charge in [0.1, 0.15) is 5.69 Å². The Hall–Kier alpha value is -3.56. The number of carbonyl (C=O) groups excluding carboxylic acids is 1. The van der Waals surface area contributed by atoms with E-state index in [1.165, 1.54) is 12.1 Å². The molecule has 0 aliphatic carbocycles. The van der Waals surface area contributed by atoms with Gasteiger partial charge in [0.15, 0.2) is 0 Å². The van der Waals surface area contributed by atoms with Gasteiger partial charge in [-0.05, 0) is 36.8 Å². The number of unbranched alkanes of at least 4 members (excludes halogenated alkanes) is 2. The minimum absolute atomic E-state index is 0.0817. The Morgan fingerprint density at radius 3 is 2.69 bits per heavy atom. The molecule has 0 bridgehead atoms. The normalized spacial score (nSPS) is 11.4. The molecular weight excluding hydrogens is 425 g/mol. The van der Waals surface area contributed by atoms with Crippen molar-refractivity contribution in [3.05, 3.63) is 64.1 Å². The van der Waals surface area contributed by atoms with E-state index in [1.54, 1.807) is 24.3 Å². The standard InChI is InChI=1S/C22H23F3N4O3/c1-2-3-4-12-32-20-14(8-10-18(29-20)22(23,24)25)13-26-21(31)28-17-7-5-6-16-15(17)9-11-19(30)27-16/h5-11H,2-4,12-13H2,1H3,(H,27,30)(H2,26,28,31). The fourth-order valence-electron chi connectivity index (χ4n) is 3.05. The molecular formula is C22H23F3N4O3. The molecule has 0 aliphatic rings. The summed E-state index contributed by atoms with van der Waals surface area (Å²) in [5.41, 5.74) is 0.0380. The molecule has 0 aliphatic heterocycles. The molecule has 2 amide bonds.